The van der Waals surface area contributed by atoms with Gasteiger partial charge >= 0.3 is 5.97 Å². The number of anilines is 1. The Morgan fingerprint density at radius 3 is 2.62 bits per heavy atom. The fraction of sp³-hybridized carbons (Fsp3) is 0.312. The zero-order chi connectivity index (χ0) is 15.6. The van der Waals surface area contributed by atoms with Gasteiger partial charge in [-0.15, -0.1) is 11.3 Å². The summed E-state index contributed by atoms with van der Waals surface area (Å²) in [4.78, 5) is 13.4. The van der Waals surface area contributed by atoms with Gasteiger partial charge < -0.3 is 10.5 Å². The van der Waals surface area contributed by atoms with Crippen LogP contribution in [0.5, 0.6) is 0 Å². The SMILES string of the molecule is CCOC(=O)c1sc(-c2ccccc2Cl)c(C(C)C)c1N. The van der Waals surface area contributed by atoms with Gasteiger partial charge in [-0.1, -0.05) is 43.6 Å². The first-order valence-corrected chi connectivity index (χ1v) is 8.01. The van der Waals surface area contributed by atoms with E-state index >= 15 is 0 Å². The quantitative estimate of drug-likeness (QED) is 0.810. The molecule has 3 nitrogen and oxygen atoms in total. The number of carbonyl (C=O) groups excluding carboxylic acids is 1. The van der Waals surface area contributed by atoms with Crippen LogP contribution in [0.3, 0.4) is 0 Å². The number of esters is 1. The number of rotatable bonds is 4. The second-order valence-corrected chi connectivity index (χ2v) is 6.37. The molecule has 1 aromatic carbocycles. The average molecular weight is 324 g/mol. The van der Waals surface area contributed by atoms with Crippen LogP contribution in [-0.4, -0.2) is 12.6 Å². The first kappa shape index (κ1) is 15.9. The maximum Gasteiger partial charge on any atom is 0.350 e. The van der Waals surface area contributed by atoms with E-state index in [9.17, 15) is 4.79 Å². The molecule has 0 amide bonds. The minimum absolute atomic E-state index is 0.190. The molecule has 1 aromatic heterocycles. The molecule has 0 bridgehead atoms. The molecule has 112 valence electrons. The summed E-state index contributed by atoms with van der Waals surface area (Å²) in [5, 5.41) is 0.649. The van der Waals surface area contributed by atoms with E-state index in [1.165, 1.54) is 11.3 Å². The fourth-order valence-corrected chi connectivity index (χ4v) is 3.82. The maximum absolute atomic E-state index is 12.0. The molecule has 0 unspecified atom stereocenters. The van der Waals surface area contributed by atoms with Crippen LogP contribution in [0, 0.1) is 0 Å². The van der Waals surface area contributed by atoms with E-state index in [2.05, 4.69) is 0 Å². The number of nitrogen functional groups attached to an aromatic ring is 1. The Hall–Kier alpha value is -1.52. The van der Waals surface area contributed by atoms with Crippen LogP contribution >= 0.6 is 22.9 Å². The second kappa shape index (κ2) is 6.50. The molecule has 2 N–H and O–H groups in total. The van der Waals surface area contributed by atoms with Crippen LogP contribution in [0.4, 0.5) is 5.69 Å². The van der Waals surface area contributed by atoms with Crippen LogP contribution < -0.4 is 5.73 Å². The topological polar surface area (TPSA) is 52.3 Å². The molecule has 0 spiro atoms. The van der Waals surface area contributed by atoms with Gasteiger partial charge in [-0.2, -0.15) is 0 Å². The summed E-state index contributed by atoms with van der Waals surface area (Å²) in [5.41, 5.74) is 8.55. The minimum Gasteiger partial charge on any atom is -0.462 e. The molecule has 2 rings (SSSR count). The highest BCUT2D eigenvalue weighted by Gasteiger charge is 2.25. The monoisotopic (exact) mass is 323 g/mol. The number of benzene rings is 1. The molecule has 0 aliphatic rings. The van der Waals surface area contributed by atoms with Crippen LogP contribution in [-0.2, 0) is 4.74 Å². The zero-order valence-electron chi connectivity index (χ0n) is 12.3. The summed E-state index contributed by atoms with van der Waals surface area (Å²) >= 11 is 7.63. The summed E-state index contributed by atoms with van der Waals surface area (Å²) in [6.45, 7) is 6.20. The number of ether oxygens (including phenoxy) is 1. The Morgan fingerprint density at radius 1 is 1.38 bits per heavy atom. The number of nitrogens with two attached hydrogens (primary N) is 1. The highest BCUT2D eigenvalue weighted by Crippen LogP contribution is 2.44. The van der Waals surface area contributed by atoms with E-state index in [4.69, 9.17) is 22.1 Å². The number of hydrogen-bond donors (Lipinski definition) is 1. The molecule has 0 saturated heterocycles. The molecule has 0 saturated carbocycles. The third kappa shape index (κ3) is 3.06. The van der Waals surface area contributed by atoms with Crippen LogP contribution in [0.1, 0.15) is 41.9 Å². The molecule has 5 heteroatoms. The molecular weight excluding hydrogens is 306 g/mol. The fourth-order valence-electron chi connectivity index (χ4n) is 2.22. The lowest BCUT2D eigenvalue weighted by Gasteiger charge is -2.10. The summed E-state index contributed by atoms with van der Waals surface area (Å²) in [7, 11) is 0. The van der Waals surface area contributed by atoms with Crippen LogP contribution in [0.15, 0.2) is 24.3 Å². The van der Waals surface area contributed by atoms with Crippen molar-refractivity contribution in [2.45, 2.75) is 26.7 Å². The summed E-state index contributed by atoms with van der Waals surface area (Å²) in [5.74, 6) is -0.184. The van der Waals surface area contributed by atoms with Crippen LogP contribution in [0.2, 0.25) is 5.02 Å². The lowest BCUT2D eigenvalue weighted by atomic mass is 9.98. The van der Waals surface area contributed by atoms with Gasteiger partial charge in [0.1, 0.15) is 4.88 Å². The molecule has 0 aliphatic carbocycles. The first-order valence-electron chi connectivity index (χ1n) is 6.81. The highest BCUT2D eigenvalue weighted by molar-refractivity contribution is 7.18. The van der Waals surface area contributed by atoms with Gasteiger partial charge in [0.25, 0.3) is 0 Å². The molecule has 2 aromatic rings. The minimum atomic E-state index is -0.375. The Balaban J connectivity index is 2.63. The highest BCUT2D eigenvalue weighted by atomic mass is 35.5. The van der Waals surface area contributed by atoms with Crippen molar-refractivity contribution in [3.63, 3.8) is 0 Å². The van der Waals surface area contributed by atoms with Gasteiger partial charge in [-0.25, -0.2) is 4.79 Å². The molecule has 0 radical (unpaired) electrons. The van der Waals surface area contributed by atoms with Gasteiger partial charge in [0, 0.05) is 15.5 Å². The molecule has 0 atom stereocenters. The van der Waals surface area contributed by atoms with Gasteiger partial charge in [-0.3, -0.25) is 0 Å². The van der Waals surface area contributed by atoms with Gasteiger partial charge in [-0.05, 0) is 24.5 Å². The number of thiophene rings is 1. The van der Waals surface area contributed by atoms with Crippen molar-refractivity contribution in [3.8, 4) is 10.4 Å². The average Bonchev–Trinajstić information content (AvgIpc) is 2.77. The normalized spacial score (nSPS) is 10.9. The van der Waals surface area contributed by atoms with Crippen molar-refractivity contribution in [1.82, 2.24) is 0 Å². The van der Waals surface area contributed by atoms with Crippen molar-refractivity contribution in [2.75, 3.05) is 12.3 Å². The molecule has 0 fully saturated rings. The van der Waals surface area contributed by atoms with Gasteiger partial charge in [0.05, 0.1) is 12.3 Å². The van der Waals surface area contributed by atoms with Crippen LogP contribution in [0.25, 0.3) is 10.4 Å². The van der Waals surface area contributed by atoms with Crippen molar-refractivity contribution in [3.05, 3.63) is 39.7 Å². The van der Waals surface area contributed by atoms with Crippen molar-refractivity contribution in [1.29, 1.82) is 0 Å². The molecule has 0 aliphatic heterocycles. The zero-order valence-corrected chi connectivity index (χ0v) is 13.8. The Kier molecular flexibility index (Phi) is 4.91. The van der Waals surface area contributed by atoms with Crippen molar-refractivity contribution in [2.24, 2.45) is 0 Å². The predicted molar refractivity (Wildman–Crippen MR) is 89.2 cm³/mol. The van der Waals surface area contributed by atoms with Gasteiger partial charge in [0.2, 0.25) is 0 Å². The smallest absolute Gasteiger partial charge is 0.350 e. The van der Waals surface area contributed by atoms with E-state index in [1.54, 1.807) is 6.92 Å². The van der Waals surface area contributed by atoms with E-state index in [0.29, 0.717) is 22.2 Å². The Bertz CT molecular complexity index is 664. The van der Waals surface area contributed by atoms with Crippen molar-refractivity contribution >= 4 is 34.6 Å². The second-order valence-electron chi connectivity index (χ2n) is 4.94. The van der Waals surface area contributed by atoms with E-state index in [0.717, 1.165) is 16.0 Å². The van der Waals surface area contributed by atoms with Gasteiger partial charge in [0.15, 0.2) is 0 Å². The van der Waals surface area contributed by atoms with E-state index < -0.39 is 0 Å². The third-order valence-corrected chi connectivity index (χ3v) is 4.70. The maximum atomic E-state index is 12.0. The Morgan fingerprint density at radius 2 is 2.05 bits per heavy atom. The lowest BCUT2D eigenvalue weighted by molar-refractivity contribution is 0.0533. The third-order valence-electron chi connectivity index (χ3n) is 3.14. The van der Waals surface area contributed by atoms with E-state index in [1.807, 2.05) is 38.1 Å². The summed E-state index contributed by atoms with van der Waals surface area (Å²) < 4.78 is 5.08. The molecule has 21 heavy (non-hydrogen) atoms. The summed E-state index contributed by atoms with van der Waals surface area (Å²) in [6.07, 6.45) is 0. The predicted octanol–water partition coefficient (Wildman–Crippen LogP) is 4.95. The largest absolute Gasteiger partial charge is 0.462 e. The number of carbonyl (C=O) groups is 1. The molecule has 1 heterocycles. The first-order chi connectivity index (χ1) is 9.97. The standard InChI is InChI=1S/C16H18ClNO2S/c1-4-20-16(19)15-13(18)12(9(2)3)14(21-15)10-7-5-6-8-11(10)17/h5-9H,4,18H2,1-3H3. The van der Waals surface area contributed by atoms with Crippen molar-refractivity contribution < 1.29 is 9.53 Å². The lowest BCUT2D eigenvalue weighted by Crippen LogP contribution is -2.06. The van der Waals surface area contributed by atoms with E-state index in [-0.39, 0.29) is 11.9 Å². The Labute approximate surface area is 133 Å². The number of halogens is 1. The summed E-state index contributed by atoms with van der Waals surface area (Å²) in [6, 6.07) is 7.57. The number of hydrogen-bond acceptors (Lipinski definition) is 4. The molecular formula is C16H18ClNO2S.